The Balaban J connectivity index is 1.70. The van der Waals surface area contributed by atoms with Crippen LogP contribution in [0.4, 0.5) is 5.69 Å². The highest BCUT2D eigenvalue weighted by Crippen LogP contribution is 2.21. The molecule has 0 heterocycles. The molecule has 0 radical (unpaired) electrons. The third-order valence-electron chi connectivity index (χ3n) is 3.31. The summed E-state index contributed by atoms with van der Waals surface area (Å²) in [6, 6.07) is 10.0. The van der Waals surface area contributed by atoms with Crippen LogP contribution in [0.2, 0.25) is 0 Å². The third-order valence-corrected chi connectivity index (χ3v) is 3.31. The minimum atomic E-state index is 0.0422. The number of hydrogen-bond acceptors (Lipinski definition) is 3. The van der Waals surface area contributed by atoms with E-state index in [1.807, 2.05) is 30.3 Å². The van der Waals surface area contributed by atoms with Crippen LogP contribution in [0.3, 0.4) is 0 Å². The second kappa shape index (κ2) is 6.40. The lowest BCUT2D eigenvalue weighted by Crippen LogP contribution is -2.37. The van der Waals surface area contributed by atoms with Gasteiger partial charge in [-0.15, -0.1) is 0 Å². The first-order valence-corrected chi connectivity index (χ1v) is 6.39. The number of ether oxygens (including phenoxy) is 1. The summed E-state index contributed by atoms with van der Waals surface area (Å²) in [7, 11) is 1.73. The van der Waals surface area contributed by atoms with Crippen LogP contribution >= 0.6 is 0 Å². The number of amides is 1. The van der Waals surface area contributed by atoms with E-state index in [0.29, 0.717) is 12.6 Å². The van der Waals surface area contributed by atoms with E-state index in [9.17, 15) is 4.79 Å². The zero-order chi connectivity index (χ0) is 12.8. The van der Waals surface area contributed by atoms with Crippen LogP contribution < -0.4 is 10.6 Å². The molecule has 98 valence electrons. The average molecular weight is 248 g/mol. The molecule has 4 heteroatoms. The van der Waals surface area contributed by atoms with Gasteiger partial charge in [-0.05, 0) is 31.4 Å². The summed E-state index contributed by atoms with van der Waals surface area (Å²) in [5.41, 5.74) is 0.967. The van der Waals surface area contributed by atoms with Crippen LogP contribution in [0.1, 0.15) is 19.3 Å². The monoisotopic (exact) mass is 248 g/mol. The number of benzene rings is 1. The van der Waals surface area contributed by atoms with Gasteiger partial charge >= 0.3 is 0 Å². The lowest BCUT2D eigenvalue weighted by molar-refractivity contribution is -0.120. The van der Waals surface area contributed by atoms with Gasteiger partial charge in [-0.1, -0.05) is 18.2 Å². The minimum absolute atomic E-state index is 0.0422. The molecule has 0 aromatic heterocycles. The number of carbonyl (C=O) groups is 1. The van der Waals surface area contributed by atoms with Gasteiger partial charge in [0.25, 0.3) is 0 Å². The van der Waals surface area contributed by atoms with Gasteiger partial charge in [0.05, 0.1) is 12.6 Å². The molecular formula is C14H20N2O2. The average Bonchev–Trinajstić information content (AvgIpc) is 2.85. The first-order chi connectivity index (χ1) is 8.78. The van der Waals surface area contributed by atoms with Crippen LogP contribution in [0.5, 0.6) is 0 Å². The van der Waals surface area contributed by atoms with Crippen LogP contribution in [0.15, 0.2) is 30.3 Å². The fraction of sp³-hybridized carbons (Fsp3) is 0.500. The van der Waals surface area contributed by atoms with Crippen molar-refractivity contribution in [1.82, 2.24) is 5.32 Å². The fourth-order valence-electron chi connectivity index (χ4n) is 2.30. The van der Waals surface area contributed by atoms with Gasteiger partial charge in [-0.3, -0.25) is 4.79 Å². The number of rotatable bonds is 5. The molecule has 1 aliphatic rings. The predicted octanol–water partition coefficient (Wildman–Crippen LogP) is 1.78. The van der Waals surface area contributed by atoms with Crippen molar-refractivity contribution in [2.75, 3.05) is 19.0 Å². The summed E-state index contributed by atoms with van der Waals surface area (Å²) in [5.74, 6) is 0.0422. The maximum Gasteiger partial charge on any atom is 0.239 e. The molecule has 4 nitrogen and oxygen atoms in total. The smallest absolute Gasteiger partial charge is 0.239 e. The number of hydrogen-bond donors (Lipinski definition) is 2. The maximum atomic E-state index is 11.8. The number of anilines is 1. The molecule has 1 saturated carbocycles. The van der Waals surface area contributed by atoms with E-state index in [1.54, 1.807) is 7.11 Å². The van der Waals surface area contributed by atoms with E-state index < -0.39 is 0 Å². The van der Waals surface area contributed by atoms with Gasteiger partial charge < -0.3 is 15.4 Å². The predicted molar refractivity (Wildman–Crippen MR) is 71.5 cm³/mol. The van der Waals surface area contributed by atoms with E-state index >= 15 is 0 Å². The molecule has 0 spiro atoms. The SMILES string of the molecule is COC1CCC(NC(=O)CNc2ccccc2)C1. The topological polar surface area (TPSA) is 50.4 Å². The van der Waals surface area contributed by atoms with Crippen molar-refractivity contribution in [3.8, 4) is 0 Å². The summed E-state index contributed by atoms with van der Waals surface area (Å²) in [4.78, 5) is 11.8. The molecule has 1 aliphatic carbocycles. The number of carbonyl (C=O) groups excluding carboxylic acids is 1. The summed E-state index contributed by atoms with van der Waals surface area (Å²) >= 11 is 0. The molecule has 0 aliphatic heterocycles. The van der Waals surface area contributed by atoms with E-state index in [0.717, 1.165) is 24.9 Å². The molecule has 1 aromatic carbocycles. The van der Waals surface area contributed by atoms with Crippen LogP contribution in [0, 0.1) is 0 Å². The molecule has 18 heavy (non-hydrogen) atoms. The summed E-state index contributed by atoms with van der Waals surface area (Å²) in [5, 5.41) is 6.13. The van der Waals surface area contributed by atoms with Crippen molar-refractivity contribution in [1.29, 1.82) is 0 Å². The minimum Gasteiger partial charge on any atom is -0.381 e. The summed E-state index contributed by atoms with van der Waals surface area (Å²) in [6.45, 7) is 0.318. The van der Waals surface area contributed by atoms with E-state index in [1.165, 1.54) is 0 Å². The number of nitrogens with one attached hydrogen (secondary N) is 2. The van der Waals surface area contributed by atoms with Crippen molar-refractivity contribution in [2.45, 2.75) is 31.4 Å². The molecule has 0 saturated heterocycles. The van der Waals surface area contributed by atoms with E-state index in [2.05, 4.69) is 10.6 Å². The molecule has 2 N–H and O–H groups in total. The molecule has 1 amide bonds. The van der Waals surface area contributed by atoms with Gasteiger partial charge in [0.15, 0.2) is 0 Å². The molecule has 0 bridgehead atoms. The van der Waals surface area contributed by atoms with Crippen molar-refractivity contribution < 1.29 is 9.53 Å². The van der Waals surface area contributed by atoms with Crippen molar-refractivity contribution >= 4 is 11.6 Å². The number of para-hydroxylation sites is 1. The molecular weight excluding hydrogens is 228 g/mol. The highest BCUT2D eigenvalue weighted by Gasteiger charge is 2.25. The number of methoxy groups -OCH3 is 1. The van der Waals surface area contributed by atoms with Gasteiger partial charge in [0.1, 0.15) is 0 Å². The third kappa shape index (κ3) is 3.74. The van der Waals surface area contributed by atoms with E-state index in [4.69, 9.17) is 4.74 Å². The fourth-order valence-corrected chi connectivity index (χ4v) is 2.30. The highest BCUT2D eigenvalue weighted by atomic mass is 16.5. The summed E-state index contributed by atoms with van der Waals surface area (Å²) in [6.07, 6.45) is 3.27. The van der Waals surface area contributed by atoms with Crippen molar-refractivity contribution in [2.24, 2.45) is 0 Å². The normalized spacial score (nSPS) is 22.7. The van der Waals surface area contributed by atoms with Crippen LogP contribution in [-0.2, 0) is 9.53 Å². The van der Waals surface area contributed by atoms with Gasteiger partial charge in [0.2, 0.25) is 5.91 Å². The molecule has 1 aromatic rings. The van der Waals surface area contributed by atoms with Crippen molar-refractivity contribution in [3.05, 3.63) is 30.3 Å². The van der Waals surface area contributed by atoms with Crippen LogP contribution in [-0.4, -0.2) is 31.7 Å². The zero-order valence-electron chi connectivity index (χ0n) is 10.7. The second-order valence-electron chi connectivity index (χ2n) is 4.65. The Kier molecular flexibility index (Phi) is 4.59. The Morgan fingerprint density at radius 2 is 2.11 bits per heavy atom. The molecule has 2 unspecified atom stereocenters. The highest BCUT2D eigenvalue weighted by molar-refractivity contribution is 5.80. The van der Waals surface area contributed by atoms with Gasteiger partial charge in [0, 0.05) is 18.8 Å². The Labute approximate surface area is 108 Å². The molecule has 2 atom stereocenters. The Hall–Kier alpha value is -1.55. The quantitative estimate of drug-likeness (QED) is 0.835. The second-order valence-corrected chi connectivity index (χ2v) is 4.65. The Bertz CT molecular complexity index is 381. The molecule has 1 fully saturated rings. The Morgan fingerprint density at radius 1 is 1.33 bits per heavy atom. The zero-order valence-corrected chi connectivity index (χ0v) is 10.7. The maximum absolute atomic E-state index is 11.8. The standard InChI is InChI=1S/C14H20N2O2/c1-18-13-8-7-12(9-13)16-14(17)10-15-11-5-3-2-4-6-11/h2-6,12-13,15H,7-10H2,1H3,(H,16,17). The van der Waals surface area contributed by atoms with Gasteiger partial charge in [-0.25, -0.2) is 0 Å². The lowest BCUT2D eigenvalue weighted by Gasteiger charge is -2.13. The van der Waals surface area contributed by atoms with Crippen molar-refractivity contribution in [3.63, 3.8) is 0 Å². The van der Waals surface area contributed by atoms with Gasteiger partial charge in [-0.2, -0.15) is 0 Å². The van der Waals surface area contributed by atoms with Crippen LogP contribution in [0.25, 0.3) is 0 Å². The Morgan fingerprint density at radius 3 is 2.78 bits per heavy atom. The van der Waals surface area contributed by atoms with E-state index in [-0.39, 0.29) is 11.9 Å². The summed E-state index contributed by atoms with van der Waals surface area (Å²) < 4.78 is 5.29. The lowest BCUT2D eigenvalue weighted by atomic mass is 10.2. The first kappa shape index (κ1) is 12.9. The molecule has 2 rings (SSSR count). The largest absolute Gasteiger partial charge is 0.381 e. The first-order valence-electron chi connectivity index (χ1n) is 6.39.